The summed E-state index contributed by atoms with van der Waals surface area (Å²) in [4.78, 5) is 19.5. The Hall–Kier alpha value is -1.94. The number of hydrogen-bond acceptors (Lipinski definition) is 3. The quantitative estimate of drug-likeness (QED) is 0.868. The first-order chi connectivity index (χ1) is 7.36. The summed E-state index contributed by atoms with van der Waals surface area (Å²) in [6.07, 6.45) is 4.76. The lowest BCUT2D eigenvalue weighted by Gasteiger charge is -2.02. The fraction of sp³-hybridized carbons (Fsp3) is 0. The average molecular weight is 236 g/mol. The minimum absolute atomic E-state index is 0. The molecule has 2 rings (SSSR count). The highest BCUT2D eigenvalue weighted by Gasteiger charge is 2.04. The van der Waals surface area contributed by atoms with E-state index in [1.807, 2.05) is 6.07 Å². The number of hydrogen-bond donors (Lipinski definition) is 1. The Morgan fingerprint density at radius 2 is 2.00 bits per heavy atom. The number of nitrogens with zero attached hydrogens (tertiary/aromatic N) is 2. The normalized spacial score (nSPS) is 9.00. The van der Waals surface area contributed by atoms with Gasteiger partial charge < -0.3 is 5.32 Å². The zero-order valence-corrected chi connectivity index (χ0v) is 9.15. The van der Waals surface area contributed by atoms with E-state index in [0.717, 1.165) is 0 Å². The van der Waals surface area contributed by atoms with Crippen molar-refractivity contribution in [2.45, 2.75) is 0 Å². The highest BCUT2D eigenvalue weighted by Crippen LogP contribution is 2.03. The SMILES string of the molecule is Cl.O=C(Nc1ccccn1)c1cccnc1. The van der Waals surface area contributed by atoms with Crippen molar-refractivity contribution < 1.29 is 4.79 Å². The van der Waals surface area contributed by atoms with Crippen LogP contribution in [0, 0.1) is 0 Å². The summed E-state index contributed by atoms with van der Waals surface area (Å²) in [7, 11) is 0. The topological polar surface area (TPSA) is 54.9 Å². The van der Waals surface area contributed by atoms with Gasteiger partial charge in [-0.15, -0.1) is 12.4 Å². The van der Waals surface area contributed by atoms with Gasteiger partial charge in [-0.2, -0.15) is 0 Å². The predicted octanol–water partition coefficient (Wildman–Crippen LogP) is 2.15. The predicted molar refractivity (Wildman–Crippen MR) is 63.7 cm³/mol. The van der Waals surface area contributed by atoms with E-state index in [1.54, 1.807) is 36.7 Å². The van der Waals surface area contributed by atoms with Crippen LogP contribution < -0.4 is 5.32 Å². The zero-order chi connectivity index (χ0) is 10.5. The lowest BCUT2D eigenvalue weighted by Crippen LogP contribution is -2.12. The maximum atomic E-state index is 11.6. The van der Waals surface area contributed by atoms with Crippen molar-refractivity contribution in [3.8, 4) is 0 Å². The Morgan fingerprint density at radius 1 is 1.12 bits per heavy atom. The molecule has 0 aromatic carbocycles. The summed E-state index contributed by atoms with van der Waals surface area (Å²) in [5.74, 6) is 0.327. The van der Waals surface area contributed by atoms with Gasteiger partial charge in [0.25, 0.3) is 5.91 Å². The molecule has 0 saturated carbocycles. The second kappa shape index (κ2) is 5.82. The molecule has 5 heteroatoms. The van der Waals surface area contributed by atoms with Crippen LogP contribution in [0.4, 0.5) is 5.82 Å². The maximum Gasteiger partial charge on any atom is 0.258 e. The summed E-state index contributed by atoms with van der Waals surface area (Å²) in [5, 5.41) is 2.67. The molecule has 1 N–H and O–H groups in total. The molecule has 0 saturated heterocycles. The van der Waals surface area contributed by atoms with E-state index in [4.69, 9.17) is 0 Å². The van der Waals surface area contributed by atoms with Gasteiger partial charge in [0.2, 0.25) is 0 Å². The number of pyridine rings is 2. The van der Waals surface area contributed by atoms with Crippen molar-refractivity contribution in [1.82, 2.24) is 9.97 Å². The minimum Gasteiger partial charge on any atom is -0.307 e. The van der Waals surface area contributed by atoms with Crippen molar-refractivity contribution in [2.75, 3.05) is 5.32 Å². The highest BCUT2D eigenvalue weighted by molar-refractivity contribution is 6.03. The monoisotopic (exact) mass is 235 g/mol. The number of anilines is 1. The van der Waals surface area contributed by atoms with E-state index in [2.05, 4.69) is 15.3 Å². The van der Waals surface area contributed by atoms with Crippen molar-refractivity contribution in [2.24, 2.45) is 0 Å². The van der Waals surface area contributed by atoms with Gasteiger partial charge in [0, 0.05) is 18.6 Å². The third-order valence-electron chi connectivity index (χ3n) is 1.83. The number of aromatic nitrogens is 2. The Bertz CT molecular complexity index is 447. The van der Waals surface area contributed by atoms with E-state index in [-0.39, 0.29) is 18.3 Å². The molecule has 0 atom stereocenters. The van der Waals surface area contributed by atoms with Gasteiger partial charge in [-0.25, -0.2) is 4.98 Å². The molecule has 0 aliphatic rings. The van der Waals surface area contributed by atoms with Crippen LogP contribution in [0.2, 0.25) is 0 Å². The van der Waals surface area contributed by atoms with Crippen molar-refractivity contribution in [1.29, 1.82) is 0 Å². The molecular formula is C11H10ClN3O. The maximum absolute atomic E-state index is 11.6. The molecule has 82 valence electrons. The van der Waals surface area contributed by atoms with Gasteiger partial charge in [-0.1, -0.05) is 6.07 Å². The number of carbonyl (C=O) groups excluding carboxylic acids is 1. The van der Waals surface area contributed by atoms with E-state index in [1.165, 1.54) is 6.20 Å². The number of nitrogens with one attached hydrogen (secondary N) is 1. The van der Waals surface area contributed by atoms with Crippen LogP contribution in [0.5, 0.6) is 0 Å². The van der Waals surface area contributed by atoms with Crippen molar-refractivity contribution in [3.63, 3.8) is 0 Å². The van der Waals surface area contributed by atoms with Crippen LogP contribution in [0.15, 0.2) is 48.9 Å². The smallest absolute Gasteiger partial charge is 0.258 e. The summed E-state index contributed by atoms with van der Waals surface area (Å²) >= 11 is 0. The molecule has 0 fully saturated rings. The third-order valence-corrected chi connectivity index (χ3v) is 1.83. The first kappa shape index (κ1) is 12.1. The molecule has 0 radical (unpaired) electrons. The third kappa shape index (κ3) is 3.03. The van der Waals surface area contributed by atoms with E-state index in [0.29, 0.717) is 11.4 Å². The number of carbonyl (C=O) groups is 1. The second-order valence-corrected chi connectivity index (χ2v) is 2.91. The summed E-state index contributed by atoms with van der Waals surface area (Å²) < 4.78 is 0. The molecule has 0 aliphatic carbocycles. The van der Waals surface area contributed by atoms with Crippen LogP contribution in [-0.4, -0.2) is 15.9 Å². The molecule has 2 aromatic heterocycles. The molecule has 4 nitrogen and oxygen atoms in total. The largest absolute Gasteiger partial charge is 0.307 e. The van der Waals surface area contributed by atoms with Crippen LogP contribution in [-0.2, 0) is 0 Å². The molecule has 0 aliphatic heterocycles. The van der Waals surface area contributed by atoms with Gasteiger partial charge in [-0.05, 0) is 24.3 Å². The van der Waals surface area contributed by atoms with E-state index in [9.17, 15) is 4.79 Å². The number of amides is 1. The molecule has 0 spiro atoms. The van der Waals surface area contributed by atoms with Gasteiger partial charge in [0.15, 0.2) is 0 Å². The summed E-state index contributed by atoms with van der Waals surface area (Å²) in [5.41, 5.74) is 0.517. The lowest BCUT2D eigenvalue weighted by atomic mass is 10.3. The minimum atomic E-state index is -0.207. The molecule has 16 heavy (non-hydrogen) atoms. The Balaban J connectivity index is 0.00000128. The molecule has 2 heterocycles. The van der Waals surface area contributed by atoms with Gasteiger partial charge in [-0.3, -0.25) is 9.78 Å². The molecule has 0 bridgehead atoms. The lowest BCUT2D eigenvalue weighted by molar-refractivity contribution is 0.102. The highest BCUT2D eigenvalue weighted by atomic mass is 35.5. The van der Waals surface area contributed by atoms with Crippen molar-refractivity contribution in [3.05, 3.63) is 54.5 Å². The fourth-order valence-electron chi connectivity index (χ4n) is 1.12. The summed E-state index contributed by atoms with van der Waals surface area (Å²) in [6.45, 7) is 0. The van der Waals surface area contributed by atoms with Crippen LogP contribution >= 0.6 is 12.4 Å². The Morgan fingerprint density at radius 3 is 2.62 bits per heavy atom. The zero-order valence-electron chi connectivity index (χ0n) is 8.33. The molecule has 1 amide bonds. The molecular weight excluding hydrogens is 226 g/mol. The fourth-order valence-corrected chi connectivity index (χ4v) is 1.12. The number of rotatable bonds is 2. The first-order valence-corrected chi connectivity index (χ1v) is 4.49. The average Bonchev–Trinajstić information content (AvgIpc) is 2.31. The first-order valence-electron chi connectivity index (χ1n) is 4.49. The molecule has 2 aromatic rings. The summed E-state index contributed by atoms with van der Waals surface area (Å²) in [6, 6.07) is 8.75. The van der Waals surface area contributed by atoms with Crippen molar-refractivity contribution >= 4 is 24.1 Å². The Kier molecular flexibility index (Phi) is 4.42. The molecule has 0 unspecified atom stereocenters. The van der Waals surface area contributed by atoms with Gasteiger partial charge >= 0.3 is 0 Å². The van der Waals surface area contributed by atoms with Gasteiger partial charge in [0.1, 0.15) is 5.82 Å². The number of halogens is 1. The van der Waals surface area contributed by atoms with Crippen LogP contribution in [0.25, 0.3) is 0 Å². The van der Waals surface area contributed by atoms with Crippen LogP contribution in [0.3, 0.4) is 0 Å². The second-order valence-electron chi connectivity index (χ2n) is 2.91. The standard InChI is InChI=1S/C11H9N3O.ClH/c15-11(9-4-3-6-12-8-9)14-10-5-1-2-7-13-10;/h1-8H,(H,13,14,15);1H. The van der Waals surface area contributed by atoms with Crippen LogP contribution in [0.1, 0.15) is 10.4 Å². The Labute approximate surface area is 99.2 Å². The van der Waals surface area contributed by atoms with E-state index >= 15 is 0 Å². The van der Waals surface area contributed by atoms with Gasteiger partial charge in [0.05, 0.1) is 5.56 Å². The van der Waals surface area contributed by atoms with E-state index < -0.39 is 0 Å².